The fourth-order valence-corrected chi connectivity index (χ4v) is 0.355. The molecule has 0 saturated heterocycles. The van der Waals surface area contributed by atoms with Crippen LogP contribution in [0.15, 0.2) is 0 Å². The lowest BCUT2D eigenvalue weighted by Gasteiger charge is -2.14. The third kappa shape index (κ3) is 3.92. The van der Waals surface area contributed by atoms with Crippen LogP contribution < -0.4 is 5.73 Å². The van der Waals surface area contributed by atoms with E-state index in [1.54, 1.807) is 6.92 Å². The largest absolute Gasteiger partial charge is 0.516 e. The smallest absolute Gasteiger partial charge is 0.434 e. The van der Waals surface area contributed by atoms with Gasteiger partial charge < -0.3 is 15.2 Å². The maximum atomic E-state index is 10.9. The Bertz CT molecular complexity index is 182. The normalized spacial score (nSPS) is 10.7. The molecule has 0 aromatic rings. The number of esters is 1. The maximum Gasteiger partial charge on any atom is 0.516 e. The Kier molecular flexibility index (Phi) is 3.69. The molecule has 0 rings (SSSR count). The van der Waals surface area contributed by atoms with Crippen molar-refractivity contribution in [3.05, 3.63) is 0 Å². The maximum absolute atomic E-state index is 10.9. The van der Waals surface area contributed by atoms with E-state index in [2.05, 4.69) is 9.47 Å². The van der Waals surface area contributed by atoms with Crippen molar-refractivity contribution in [3.8, 4) is 0 Å². The number of nitrogens with two attached hydrogens (primary N) is 1. The van der Waals surface area contributed by atoms with Crippen LogP contribution in [-0.2, 0) is 14.3 Å². The van der Waals surface area contributed by atoms with Crippen LogP contribution in [0.4, 0.5) is 4.79 Å². The molecule has 0 fully saturated rings. The standard InChI is InChI=1S/C7H13NO4/c1-4-11-6(10)12-5(9)7(2,3)8/h4,8H2,1-3H3. The van der Waals surface area contributed by atoms with Gasteiger partial charge in [0.05, 0.1) is 6.61 Å². The van der Waals surface area contributed by atoms with Crippen LogP contribution in [0.25, 0.3) is 0 Å². The van der Waals surface area contributed by atoms with Gasteiger partial charge in [-0.05, 0) is 20.8 Å². The third-order valence-corrected chi connectivity index (χ3v) is 0.964. The molecule has 0 aliphatic carbocycles. The average molecular weight is 175 g/mol. The lowest BCUT2D eigenvalue weighted by atomic mass is 10.1. The summed E-state index contributed by atoms with van der Waals surface area (Å²) in [4.78, 5) is 21.5. The molecule has 0 bridgehead atoms. The molecule has 0 aromatic heterocycles. The second kappa shape index (κ2) is 4.06. The number of hydrogen-bond donors (Lipinski definition) is 1. The van der Waals surface area contributed by atoms with Crippen LogP contribution >= 0.6 is 0 Å². The van der Waals surface area contributed by atoms with Crippen LogP contribution in [-0.4, -0.2) is 24.3 Å². The predicted molar refractivity (Wildman–Crippen MR) is 41.4 cm³/mol. The SMILES string of the molecule is CCOC(=O)OC(=O)C(C)(C)N. The molecule has 0 unspecified atom stereocenters. The molecule has 0 spiro atoms. The topological polar surface area (TPSA) is 78.6 Å². The minimum absolute atomic E-state index is 0.164. The van der Waals surface area contributed by atoms with Gasteiger partial charge in [0.1, 0.15) is 5.54 Å². The monoisotopic (exact) mass is 175 g/mol. The van der Waals surface area contributed by atoms with Gasteiger partial charge in [-0.25, -0.2) is 9.59 Å². The van der Waals surface area contributed by atoms with Crippen LogP contribution in [0, 0.1) is 0 Å². The highest BCUT2D eigenvalue weighted by atomic mass is 16.7. The Balaban J connectivity index is 3.94. The summed E-state index contributed by atoms with van der Waals surface area (Å²) in [6, 6.07) is 0. The van der Waals surface area contributed by atoms with E-state index >= 15 is 0 Å². The molecular formula is C7H13NO4. The van der Waals surface area contributed by atoms with Crippen LogP contribution in [0.2, 0.25) is 0 Å². The highest BCUT2D eigenvalue weighted by Crippen LogP contribution is 2.00. The van der Waals surface area contributed by atoms with Crippen molar-refractivity contribution in [2.45, 2.75) is 26.3 Å². The summed E-state index contributed by atoms with van der Waals surface area (Å²) in [5.41, 5.74) is 4.17. The van der Waals surface area contributed by atoms with Gasteiger partial charge >= 0.3 is 12.1 Å². The number of hydrogen-bond acceptors (Lipinski definition) is 5. The first-order valence-electron chi connectivity index (χ1n) is 3.56. The lowest BCUT2D eigenvalue weighted by molar-refractivity contribution is -0.144. The van der Waals surface area contributed by atoms with Crippen molar-refractivity contribution in [2.75, 3.05) is 6.61 Å². The summed E-state index contributed by atoms with van der Waals surface area (Å²) in [7, 11) is 0. The highest BCUT2D eigenvalue weighted by molar-refractivity contribution is 5.87. The lowest BCUT2D eigenvalue weighted by Crippen LogP contribution is -2.43. The Morgan fingerprint density at radius 3 is 2.25 bits per heavy atom. The van der Waals surface area contributed by atoms with E-state index < -0.39 is 17.7 Å². The summed E-state index contributed by atoms with van der Waals surface area (Å²) >= 11 is 0. The quantitative estimate of drug-likeness (QED) is 0.486. The predicted octanol–water partition coefficient (Wildman–Crippen LogP) is 0.423. The van der Waals surface area contributed by atoms with E-state index in [1.165, 1.54) is 13.8 Å². The molecule has 2 N–H and O–H groups in total. The minimum atomic E-state index is -1.17. The van der Waals surface area contributed by atoms with Crippen molar-refractivity contribution >= 4 is 12.1 Å². The van der Waals surface area contributed by atoms with E-state index in [1.807, 2.05) is 0 Å². The van der Waals surface area contributed by atoms with E-state index in [0.29, 0.717) is 0 Å². The first kappa shape index (κ1) is 10.9. The van der Waals surface area contributed by atoms with Gasteiger partial charge in [-0.3, -0.25) is 0 Å². The summed E-state index contributed by atoms with van der Waals surface area (Å²) < 4.78 is 8.60. The second-order valence-corrected chi connectivity index (χ2v) is 2.79. The van der Waals surface area contributed by atoms with Gasteiger partial charge in [0.2, 0.25) is 0 Å². The molecule has 0 amide bonds. The molecule has 0 aliphatic heterocycles. The van der Waals surface area contributed by atoms with Crippen molar-refractivity contribution < 1.29 is 19.1 Å². The Labute approximate surface area is 70.8 Å². The summed E-state index contributed by atoms with van der Waals surface area (Å²) in [5, 5.41) is 0. The summed E-state index contributed by atoms with van der Waals surface area (Å²) in [6.07, 6.45) is -1.01. The molecule has 0 aromatic carbocycles. The van der Waals surface area contributed by atoms with E-state index in [9.17, 15) is 9.59 Å². The van der Waals surface area contributed by atoms with Gasteiger partial charge in [-0.2, -0.15) is 0 Å². The van der Waals surface area contributed by atoms with Crippen LogP contribution in [0.3, 0.4) is 0 Å². The number of ether oxygens (including phenoxy) is 2. The highest BCUT2D eigenvalue weighted by Gasteiger charge is 2.26. The molecule has 5 heteroatoms. The molecular weight excluding hydrogens is 162 g/mol. The molecule has 0 radical (unpaired) electrons. The Hall–Kier alpha value is -1.10. The van der Waals surface area contributed by atoms with Gasteiger partial charge in [0.15, 0.2) is 0 Å². The summed E-state index contributed by atoms with van der Waals surface area (Å²) in [5.74, 6) is -0.805. The molecule has 0 atom stereocenters. The second-order valence-electron chi connectivity index (χ2n) is 2.79. The van der Waals surface area contributed by atoms with E-state index in [0.717, 1.165) is 0 Å². The Morgan fingerprint density at radius 1 is 1.42 bits per heavy atom. The summed E-state index contributed by atoms with van der Waals surface area (Å²) in [6.45, 7) is 4.65. The zero-order chi connectivity index (χ0) is 9.78. The first-order chi connectivity index (χ1) is 5.38. The fourth-order valence-electron chi connectivity index (χ4n) is 0.355. The fraction of sp³-hybridized carbons (Fsp3) is 0.714. The number of carbonyl (C=O) groups excluding carboxylic acids is 2. The molecule has 0 saturated carbocycles. The molecule has 0 heterocycles. The van der Waals surface area contributed by atoms with Gasteiger partial charge in [0, 0.05) is 0 Å². The van der Waals surface area contributed by atoms with Gasteiger partial charge in [0.25, 0.3) is 0 Å². The molecule has 70 valence electrons. The van der Waals surface area contributed by atoms with Crippen molar-refractivity contribution in [1.29, 1.82) is 0 Å². The van der Waals surface area contributed by atoms with Gasteiger partial charge in [-0.15, -0.1) is 0 Å². The van der Waals surface area contributed by atoms with Crippen molar-refractivity contribution in [2.24, 2.45) is 5.73 Å². The van der Waals surface area contributed by atoms with Crippen LogP contribution in [0.1, 0.15) is 20.8 Å². The number of carbonyl (C=O) groups is 2. The third-order valence-electron chi connectivity index (χ3n) is 0.964. The van der Waals surface area contributed by atoms with Crippen molar-refractivity contribution in [3.63, 3.8) is 0 Å². The first-order valence-corrected chi connectivity index (χ1v) is 3.56. The zero-order valence-corrected chi connectivity index (χ0v) is 7.42. The minimum Gasteiger partial charge on any atom is -0.434 e. The molecule has 0 aliphatic rings. The average Bonchev–Trinajstić information content (AvgIpc) is 1.85. The molecule has 5 nitrogen and oxygen atoms in total. The molecule has 12 heavy (non-hydrogen) atoms. The van der Waals surface area contributed by atoms with Gasteiger partial charge in [-0.1, -0.05) is 0 Å². The van der Waals surface area contributed by atoms with E-state index in [-0.39, 0.29) is 6.61 Å². The number of rotatable bonds is 2. The van der Waals surface area contributed by atoms with Crippen molar-refractivity contribution in [1.82, 2.24) is 0 Å². The Morgan fingerprint density at radius 2 is 1.92 bits per heavy atom. The van der Waals surface area contributed by atoms with Crippen LogP contribution in [0.5, 0.6) is 0 Å². The van der Waals surface area contributed by atoms with E-state index in [4.69, 9.17) is 5.73 Å². The zero-order valence-electron chi connectivity index (χ0n) is 7.42.